The number of aryl methyl sites for hydroxylation is 2. The number of Topliss-reactive ketones (excluding diaryl/α,β-unsaturated/α-hetero) is 1. The summed E-state index contributed by atoms with van der Waals surface area (Å²) in [6.07, 6.45) is 2.60. The van der Waals surface area contributed by atoms with Crippen LogP contribution in [0.1, 0.15) is 24.0 Å². The summed E-state index contributed by atoms with van der Waals surface area (Å²) in [4.78, 5) is 13.1. The van der Waals surface area contributed by atoms with Gasteiger partial charge in [-0.15, -0.1) is 11.8 Å². The van der Waals surface area contributed by atoms with Gasteiger partial charge in [0.2, 0.25) is 0 Å². The molecule has 0 unspecified atom stereocenters. The fourth-order valence-electron chi connectivity index (χ4n) is 2.08. The minimum absolute atomic E-state index is 0.340. The van der Waals surface area contributed by atoms with E-state index in [2.05, 4.69) is 37.3 Å². The molecule has 0 spiro atoms. The van der Waals surface area contributed by atoms with Gasteiger partial charge in [0.1, 0.15) is 5.78 Å². The lowest BCUT2D eigenvalue weighted by Gasteiger charge is -2.03. The molecule has 1 nitrogen and oxygen atoms in total. The number of hydrogen-bond donors (Lipinski definition) is 0. The monoisotopic (exact) mass is 284 g/mol. The van der Waals surface area contributed by atoms with Gasteiger partial charge < -0.3 is 0 Å². The van der Waals surface area contributed by atoms with E-state index < -0.39 is 0 Å². The molecule has 2 aromatic rings. The van der Waals surface area contributed by atoms with Crippen LogP contribution >= 0.6 is 11.8 Å². The van der Waals surface area contributed by atoms with Crippen molar-refractivity contribution in [1.29, 1.82) is 0 Å². The molecule has 0 N–H and O–H groups in total. The molecule has 0 bridgehead atoms. The second kappa shape index (κ2) is 7.91. The highest BCUT2D eigenvalue weighted by atomic mass is 32.2. The molecule has 0 aliphatic carbocycles. The molecule has 20 heavy (non-hydrogen) atoms. The minimum atomic E-state index is 0.340. The van der Waals surface area contributed by atoms with E-state index in [0.29, 0.717) is 18.0 Å². The number of rotatable bonds is 7. The van der Waals surface area contributed by atoms with Crippen LogP contribution in [0.3, 0.4) is 0 Å². The zero-order valence-electron chi connectivity index (χ0n) is 11.8. The molecule has 0 radical (unpaired) electrons. The van der Waals surface area contributed by atoms with Crippen molar-refractivity contribution in [3.05, 3.63) is 65.7 Å². The first-order chi connectivity index (χ1) is 9.74. The van der Waals surface area contributed by atoms with Gasteiger partial charge in [0, 0.05) is 11.3 Å². The second-order valence-corrected chi connectivity index (χ2v) is 6.03. The van der Waals surface area contributed by atoms with Crippen LogP contribution in [0.15, 0.2) is 59.5 Å². The van der Waals surface area contributed by atoms with Crippen molar-refractivity contribution in [3.63, 3.8) is 0 Å². The maximum atomic E-state index is 11.9. The molecule has 0 heterocycles. The number of carbonyl (C=O) groups is 1. The van der Waals surface area contributed by atoms with Crippen LogP contribution in [0.25, 0.3) is 0 Å². The van der Waals surface area contributed by atoms with Gasteiger partial charge in [0.15, 0.2) is 0 Å². The van der Waals surface area contributed by atoms with Crippen LogP contribution in [0.2, 0.25) is 0 Å². The van der Waals surface area contributed by atoms with E-state index in [9.17, 15) is 4.79 Å². The van der Waals surface area contributed by atoms with Crippen LogP contribution in [-0.2, 0) is 11.2 Å². The largest absolute Gasteiger partial charge is 0.299 e. The van der Waals surface area contributed by atoms with Crippen molar-refractivity contribution < 1.29 is 4.79 Å². The lowest BCUT2D eigenvalue weighted by atomic mass is 10.1. The first-order valence-electron chi connectivity index (χ1n) is 6.99. The van der Waals surface area contributed by atoms with E-state index >= 15 is 0 Å². The molecule has 0 saturated heterocycles. The highest BCUT2D eigenvalue weighted by molar-refractivity contribution is 8.00. The SMILES string of the molecule is Cc1cccc(SCC(=O)CCCc2ccccc2)c1. The van der Waals surface area contributed by atoms with E-state index in [1.807, 2.05) is 24.3 Å². The highest BCUT2D eigenvalue weighted by Gasteiger charge is 2.04. The van der Waals surface area contributed by atoms with Crippen LogP contribution in [0, 0.1) is 6.92 Å². The highest BCUT2D eigenvalue weighted by Crippen LogP contribution is 2.19. The molecule has 2 aromatic carbocycles. The first kappa shape index (κ1) is 14.9. The van der Waals surface area contributed by atoms with E-state index in [1.54, 1.807) is 11.8 Å². The molecule has 0 amide bonds. The molecule has 2 rings (SSSR count). The minimum Gasteiger partial charge on any atom is -0.299 e. The van der Waals surface area contributed by atoms with Gasteiger partial charge in [-0.3, -0.25) is 4.79 Å². The van der Waals surface area contributed by atoms with Gasteiger partial charge in [-0.25, -0.2) is 0 Å². The van der Waals surface area contributed by atoms with Crippen LogP contribution in [-0.4, -0.2) is 11.5 Å². The van der Waals surface area contributed by atoms with Crippen LogP contribution < -0.4 is 0 Å². The molecule has 0 atom stereocenters. The molecule has 2 heteroatoms. The van der Waals surface area contributed by atoms with E-state index in [0.717, 1.165) is 12.8 Å². The Labute approximate surface area is 125 Å². The Balaban J connectivity index is 1.68. The van der Waals surface area contributed by atoms with Crippen molar-refractivity contribution in [1.82, 2.24) is 0 Å². The standard InChI is InChI=1S/C18H20OS/c1-15-7-5-12-18(13-15)20-14-17(19)11-6-10-16-8-3-2-4-9-16/h2-5,7-9,12-13H,6,10-11,14H2,1H3. The fraction of sp³-hybridized carbons (Fsp3) is 0.278. The summed E-state index contributed by atoms with van der Waals surface area (Å²) in [5.41, 5.74) is 2.55. The summed E-state index contributed by atoms with van der Waals surface area (Å²) in [5.74, 6) is 0.922. The van der Waals surface area contributed by atoms with Gasteiger partial charge >= 0.3 is 0 Å². The van der Waals surface area contributed by atoms with Crippen LogP contribution in [0.5, 0.6) is 0 Å². The van der Waals surface area contributed by atoms with Crippen molar-refractivity contribution in [2.75, 3.05) is 5.75 Å². The third kappa shape index (κ3) is 5.22. The zero-order valence-corrected chi connectivity index (χ0v) is 12.7. The van der Waals surface area contributed by atoms with Gasteiger partial charge in [-0.1, -0.05) is 48.0 Å². The quantitative estimate of drug-likeness (QED) is 0.687. The van der Waals surface area contributed by atoms with Crippen LogP contribution in [0.4, 0.5) is 0 Å². The smallest absolute Gasteiger partial charge is 0.143 e. The second-order valence-electron chi connectivity index (χ2n) is 4.98. The third-order valence-corrected chi connectivity index (χ3v) is 4.21. The molecule has 0 aliphatic rings. The summed E-state index contributed by atoms with van der Waals surface area (Å²) in [6.45, 7) is 2.08. The molecule has 104 valence electrons. The average molecular weight is 284 g/mol. The Morgan fingerprint density at radius 2 is 1.85 bits per heavy atom. The van der Waals surface area contributed by atoms with Crippen molar-refractivity contribution in [2.24, 2.45) is 0 Å². The number of thioether (sulfide) groups is 1. The van der Waals surface area contributed by atoms with E-state index in [4.69, 9.17) is 0 Å². The predicted octanol–water partition coefficient (Wildman–Crippen LogP) is 4.68. The first-order valence-corrected chi connectivity index (χ1v) is 7.98. The lowest BCUT2D eigenvalue weighted by molar-refractivity contribution is -0.116. The van der Waals surface area contributed by atoms with Crippen molar-refractivity contribution >= 4 is 17.5 Å². The Kier molecular flexibility index (Phi) is 5.87. The lowest BCUT2D eigenvalue weighted by Crippen LogP contribution is -2.02. The van der Waals surface area contributed by atoms with Crippen molar-refractivity contribution in [3.8, 4) is 0 Å². The van der Waals surface area contributed by atoms with Gasteiger partial charge in [0.25, 0.3) is 0 Å². The molecular weight excluding hydrogens is 264 g/mol. The zero-order chi connectivity index (χ0) is 14.2. The Bertz CT molecular complexity index is 548. The topological polar surface area (TPSA) is 17.1 Å². The van der Waals surface area contributed by atoms with Gasteiger partial charge in [-0.05, 0) is 37.5 Å². The maximum Gasteiger partial charge on any atom is 0.143 e. The molecule has 0 saturated carbocycles. The predicted molar refractivity (Wildman–Crippen MR) is 86.3 cm³/mol. The summed E-state index contributed by atoms with van der Waals surface area (Å²) < 4.78 is 0. The molecule has 0 aliphatic heterocycles. The Morgan fingerprint density at radius 3 is 2.60 bits per heavy atom. The van der Waals surface area contributed by atoms with E-state index in [-0.39, 0.29) is 0 Å². The number of hydrogen-bond acceptors (Lipinski definition) is 2. The summed E-state index contributed by atoms with van der Waals surface area (Å²) >= 11 is 1.64. The molecular formula is C18H20OS. The summed E-state index contributed by atoms with van der Waals surface area (Å²) in [6, 6.07) is 18.7. The number of carbonyl (C=O) groups excluding carboxylic acids is 1. The average Bonchev–Trinajstić information content (AvgIpc) is 2.46. The van der Waals surface area contributed by atoms with E-state index in [1.165, 1.54) is 16.0 Å². The maximum absolute atomic E-state index is 11.9. The van der Waals surface area contributed by atoms with Gasteiger partial charge in [-0.2, -0.15) is 0 Å². The Hall–Kier alpha value is -1.54. The normalized spacial score (nSPS) is 10.4. The van der Waals surface area contributed by atoms with Gasteiger partial charge in [0.05, 0.1) is 5.75 Å². The van der Waals surface area contributed by atoms with Crippen molar-refractivity contribution in [2.45, 2.75) is 31.1 Å². The Morgan fingerprint density at radius 1 is 1.05 bits per heavy atom. The number of benzene rings is 2. The fourth-order valence-corrected chi connectivity index (χ4v) is 2.99. The third-order valence-electron chi connectivity index (χ3n) is 3.15. The molecule has 0 aromatic heterocycles. The summed E-state index contributed by atoms with van der Waals surface area (Å²) in [5, 5.41) is 0. The summed E-state index contributed by atoms with van der Waals surface area (Å²) in [7, 11) is 0. The number of ketones is 1. The molecule has 0 fully saturated rings.